The van der Waals surface area contributed by atoms with Crippen LogP contribution in [0, 0.1) is 0 Å². The molecule has 128 valence electrons. The third-order valence-electron chi connectivity index (χ3n) is 4.96. The molecule has 4 nitrogen and oxygen atoms in total. The van der Waals surface area contributed by atoms with E-state index in [1.165, 1.54) is 0 Å². The lowest BCUT2D eigenvalue weighted by Crippen LogP contribution is -2.49. The molecule has 0 bridgehead atoms. The van der Waals surface area contributed by atoms with E-state index in [9.17, 15) is 9.59 Å². The van der Waals surface area contributed by atoms with Crippen LogP contribution in [0.25, 0.3) is 0 Å². The quantitative estimate of drug-likeness (QED) is 0.920. The van der Waals surface area contributed by atoms with Crippen LogP contribution in [0.1, 0.15) is 24.0 Å². The predicted molar refractivity (Wildman–Crippen MR) is 98.7 cm³/mol. The van der Waals surface area contributed by atoms with Crippen molar-refractivity contribution in [3.63, 3.8) is 0 Å². The average molecular weight is 352 g/mol. The second-order valence-corrected chi connectivity index (χ2v) is 7.74. The SMILES string of the molecule is O=C(NCc1ccccc1)[C@@H]1CS[C@@]2(c3ccccc3)CCC(=O)N12. The number of hydrogen-bond acceptors (Lipinski definition) is 3. The molecule has 4 rings (SSSR count). The molecule has 2 aliphatic rings. The minimum Gasteiger partial charge on any atom is -0.350 e. The normalized spacial score (nSPS) is 25.0. The molecule has 5 heteroatoms. The Morgan fingerprint density at radius 3 is 2.52 bits per heavy atom. The van der Waals surface area contributed by atoms with E-state index in [1.807, 2.05) is 53.4 Å². The van der Waals surface area contributed by atoms with Crippen molar-refractivity contribution in [2.24, 2.45) is 0 Å². The Bertz CT molecular complexity index is 781. The summed E-state index contributed by atoms with van der Waals surface area (Å²) in [5.41, 5.74) is 2.17. The second-order valence-electron chi connectivity index (χ2n) is 6.44. The molecule has 2 amide bonds. The zero-order chi connectivity index (χ0) is 17.3. The van der Waals surface area contributed by atoms with Gasteiger partial charge in [-0.1, -0.05) is 60.7 Å². The van der Waals surface area contributed by atoms with Crippen LogP contribution in [0.4, 0.5) is 0 Å². The van der Waals surface area contributed by atoms with E-state index in [0.29, 0.717) is 18.7 Å². The number of rotatable bonds is 4. The van der Waals surface area contributed by atoms with E-state index in [0.717, 1.165) is 17.5 Å². The fraction of sp³-hybridized carbons (Fsp3) is 0.300. The average Bonchev–Trinajstić information content (AvgIpc) is 3.21. The summed E-state index contributed by atoms with van der Waals surface area (Å²) in [5, 5.41) is 3.00. The first-order chi connectivity index (χ1) is 12.2. The van der Waals surface area contributed by atoms with Gasteiger partial charge in [0.05, 0.1) is 0 Å². The van der Waals surface area contributed by atoms with Gasteiger partial charge >= 0.3 is 0 Å². The van der Waals surface area contributed by atoms with Crippen LogP contribution < -0.4 is 5.32 Å². The summed E-state index contributed by atoms with van der Waals surface area (Å²) in [6.07, 6.45) is 1.27. The smallest absolute Gasteiger partial charge is 0.244 e. The lowest BCUT2D eigenvalue weighted by Gasteiger charge is -2.34. The van der Waals surface area contributed by atoms with Gasteiger partial charge in [0.25, 0.3) is 0 Å². The zero-order valence-electron chi connectivity index (χ0n) is 13.9. The molecule has 2 aromatic carbocycles. The van der Waals surface area contributed by atoms with Crippen LogP contribution in [0.3, 0.4) is 0 Å². The number of amides is 2. The molecule has 2 aromatic rings. The van der Waals surface area contributed by atoms with Crippen molar-refractivity contribution in [3.05, 3.63) is 71.8 Å². The second kappa shape index (κ2) is 6.56. The maximum absolute atomic E-state index is 12.8. The molecule has 2 fully saturated rings. The Morgan fingerprint density at radius 1 is 1.12 bits per heavy atom. The lowest BCUT2D eigenvalue weighted by molar-refractivity contribution is -0.138. The van der Waals surface area contributed by atoms with Crippen molar-refractivity contribution in [1.29, 1.82) is 0 Å². The number of thioether (sulfide) groups is 1. The lowest BCUT2D eigenvalue weighted by atomic mass is 10.0. The van der Waals surface area contributed by atoms with E-state index < -0.39 is 6.04 Å². The first-order valence-electron chi connectivity index (χ1n) is 8.54. The van der Waals surface area contributed by atoms with Gasteiger partial charge in [0.2, 0.25) is 11.8 Å². The van der Waals surface area contributed by atoms with E-state index >= 15 is 0 Å². The third-order valence-corrected chi connectivity index (χ3v) is 6.56. The Balaban J connectivity index is 1.54. The largest absolute Gasteiger partial charge is 0.350 e. The summed E-state index contributed by atoms with van der Waals surface area (Å²) in [6, 6.07) is 19.5. The highest BCUT2D eigenvalue weighted by Gasteiger charge is 2.56. The Labute approximate surface area is 151 Å². The first kappa shape index (κ1) is 16.2. The van der Waals surface area contributed by atoms with Gasteiger partial charge in [-0.15, -0.1) is 11.8 Å². The Kier molecular flexibility index (Phi) is 4.25. The molecule has 0 saturated carbocycles. The monoisotopic (exact) mass is 352 g/mol. The van der Waals surface area contributed by atoms with Crippen LogP contribution >= 0.6 is 11.8 Å². The molecule has 0 radical (unpaired) electrons. The summed E-state index contributed by atoms with van der Waals surface area (Å²) < 4.78 is 0. The summed E-state index contributed by atoms with van der Waals surface area (Å²) in [7, 11) is 0. The highest BCUT2D eigenvalue weighted by Crippen LogP contribution is 2.54. The van der Waals surface area contributed by atoms with Gasteiger partial charge in [0.1, 0.15) is 10.9 Å². The van der Waals surface area contributed by atoms with Crippen LogP contribution in [-0.4, -0.2) is 28.5 Å². The van der Waals surface area contributed by atoms with Crippen molar-refractivity contribution < 1.29 is 9.59 Å². The van der Waals surface area contributed by atoms with E-state index in [2.05, 4.69) is 17.4 Å². The van der Waals surface area contributed by atoms with Gasteiger partial charge in [-0.3, -0.25) is 9.59 Å². The molecule has 0 aliphatic carbocycles. The van der Waals surface area contributed by atoms with Gasteiger partial charge in [0.15, 0.2) is 0 Å². The van der Waals surface area contributed by atoms with E-state index in [-0.39, 0.29) is 16.7 Å². The number of fused-ring (bicyclic) bond motifs is 1. The molecule has 2 aliphatic heterocycles. The summed E-state index contributed by atoms with van der Waals surface area (Å²) in [4.78, 5) is 26.8. The molecular formula is C20H20N2O2S. The van der Waals surface area contributed by atoms with Gasteiger partial charge in [-0.2, -0.15) is 0 Å². The molecule has 1 N–H and O–H groups in total. The highest BCUT2D eigenvalue weighted by molar-refractivity contribution is 8.00. The maximum Gasteiger partial charge on any atom is 0.244 e. The van der Waals surface area contributed by atoms with Crippen LogP contribution in [-0.2, 0) is 21.0 Å². The molecule has 0 aromatic heterocycles. The number of benzene rings is 2. The molecular weight excluding hydrogens is 332 g/mol. The minimum absolute atomic E-state index is 0.0654. The fourth-order valence-electron chi connectivity index (χ4n) is 3.74. The number of nitrogens with zero attached hydrogens (tertiary/aromatic N) is 1. The zero-order valence-corrected chi connectivity index (χ0v) is 14.7. The molecule has 2 heterocycles. The van der Waals surface area contributed by atoms with Crippen molar-refractivity contribution in [3.8, 4) is 0 Å². The number of carbonyl (C=O) groups is 2. The maximum atomic E-state index is 12.8. The van der Waals surface area contributed by atoms with Gasteiger partial charge in [0, 0.05) is 18.7 Å². The van der Waals surface area contributed by atoms with Gasteiger partial charge < -0.3 is 10.2 Å². The van der Waals surface area contributed by atoms with Crippen LogP contribution in [0.5, 0.6) is 0 Å². The molecule has 2 atom stereocenters. The molecule has 2 saturated heterocycles. The highest BCUT2D eigenvalue weighted by atomic mass is 32.2. The summed E-state index contributed by atoms with van der Waals surface area (Å²) in [5.74, 6) is 0.652. The van der Waals surface area contributed by atoms with Crippen molar-refractivity contribution in [2.75, 3.05) is 5.75 Å². The van der Waals surface area contributed by atoms with E-state index in [4.69, 9.17) is 0 Å². The molecule has 0 spiro atoms. The first-order valence-corrected chi connectivity index (χ1v) is 9.52. The summed E-state index contributed by atoms with van der Waals surface area (Å²) >= 11 is 1.72. The topological polar surface area (TPSA) is 49.4 Å². The third kappa shape index (κ3) is 2.82. The summed E-state index contributed by atoms with van der Waals surface area (Å²) in [6.45, 7) is 0.487. The minimum atomic E-state index is -0.399. The number of carbonyl (C=O) groups excluding carboxylic acids is 2. The standard InChI is InChI=1S/C20H20N2O2S/c23-18-11-12-20(16-9-5-2-6-10-16)22(18)17(14-25-20)19(24)21-13-15-7-3-1-4-8-15/h1-10,17H,11-14H2,(H,21,24)/t17-,20+/m0/s1. The van der Waals surface area contributed by atoms with Crippen molar-refractivity contribution in [1.82, 2.24) is 10.2 Å². The van der Waals surface area contributed by atoms with Crippen LogP contribution in [0.2, 0.25) is 0 Å². The van der Waals surface area contributed by atoms with Crippen molar-refractivity contribution in [2.45, 2.75) is 30.3 Å². The van der Waals surface area contributed by atoms with Crippen molar-refractivity contribution >= 4 is 23.6 Å². The fourth-order valence-corrected chi connectivity index (χ4v) is 5.39. The van der Waals surface area contributed by atoms with E-state index in [1.54, 1.807) is 11.8 Å². The molecule has 0 unspecified atom stereocenters. The van der Waals surface area contributed by atoms with Gasteiger partial charge in [-0.05, 0) is 17.5 Å². The Morgan fingerprint density at radius 2 is 1.80 bits per heavy atom. The number of nitrogens with one attached hydrogen (secondary N) is 1. The number of hydrogen-bond donors (Lipinski definition) is 1. The van der Waals surface area contributed by atoms with Crippen LogP contribution in [0.15, 0.2) is 60.7 Å². The molecule has 25 heavy (non-hydrogen) atoms. The predicted octanol–water partition coefficient (Wildman–Crippen LogP) is 2.89. The van der Waals surface area contributed by atoms with Gasteiger partial charge in [-0.25, -0.2) is 0 Å². The Hall–Kier alpha value is -2.27.